The van der Waals surface area contributed by atoms with E-state index in [1.807, 2.05) is 0 Å². The molecule has 264 valence electrons. The summed E-state index contributed by atoms with van der Waals surface area (Å²) in [5, 5.41) is 2.39. The average Bonchev–Trinajstić information content (AvgIpc) is 3.63. The lowest BCUT2D eigenvalue weighted by Crippen LogP contribution is -2.12. The maximum atomic E-state index is 2.48. The summed E-state index contributed by atoms with van der Waals surface area (Å²) in [7, 11) is 0. The van der Waals surface area contributed by atoms with Crippen molar-refractivity contribution < 1.29 is 0 Å². The van der Waals surface area contributed by atoms with E-state index in [9.17, 15) is 0 Å². The van der Waals surface area contributed by atoms with E-state index in [2.05, 4.69) is 240 Å². The molecule has 0 spiro atoms. The predicted octanol–water partition coefficient (Wildman–Crippen LogP) is 14.9. The van der Waals surface area contributed by atoms with E-state index in [4.69, 9.17) is 0 Å². The van der Waals surface area contributed by atoms with Crippen LogP contribution in [0.4, 0.5) is 17.1 Å². The first-order valence-electron chi connectivity index (χ1n) is 19.2. The predicted molar refractivity (Wildman–Crippen MR) is 237 cm³/mol. The van der Waals surface area contributed by atoms with Gasteiger partial charge >= 0.3 is 0 Å². The molecule has 2 nitrogen and oxygen atoms in total. The SMILES string of the molecule is c1ccc(-c2ccc(-c3ccccc3)c(-n3c4ccccc4c4c(N(c5ccccc5)c5cccc(-c6ccccc6)c5-c5ccccc5)cccc43)c2)cc1. The van der Waals surface area contributed by atoms with Crippen LogP contribution < -0.4 is 4.90 Å². The molecule has 0 aliphatic rings. The molecule has 0 radical (unpaired) electrons. The zero-order valence-electron chi connectivity index (χ0n) is 30.8. The van der Waals surface area contributed by atoms with Gasteiger partial charge in [0.2, 0.25) is 0 Å². The van der Waals surface area contributed by atoms with E-state index in [1.54, 1.807) is 0 Å². The number of benzene rings is 9. The van der Waals surface area contributed by atoms with Crippen molar-refractivity contribution in [1.29, 1.82) is 0 Å². The van der Waals surface area contributed by atoms with Crippen LogP contribution in [0.5, 0.6) is 0 Å². The number of anilines is 3. The first-order valence-corrected chi connectivity index (χ1v) is 19.2. The van der Waals surface area contributed by atoms with E-state index in [0.29, 0.717) is 0 Å². The minimum Gasteiger partial charge on any atom is -0.309 e. The standard InChI is InChI=1S/C54H38N2/c1-6-20-39(21-7-1)43-36-37-45(40-22-8-2-9-23-40)52(38-43)56-48-32-17-16-30-47(48)54-50(34-19-35-51(54)56)55(44-28-14-5-15-29-44)49-33-18-31-46(41-24-10-3-11-25-41)53(49)42-26-12-4-13-27-42/h1-38H. The van der Waals surface area contributed by atoms with E-state index in [0.717, 1.165) is 33.8 Å². The number of fused-ring (bicyclic) bond motifs is 3. The van der Waals surface area contributed by atoms with Gasteiger partial charge in [-0.1, -0.05) is 188 Å². The molecule has 9 aromatic carbocycles. The quantitative estimate of drug-likeness (QED) is 0.152. The Labute approximate surface area is 327 Å². The number of hydrogen-bond acceptors (Lipinski definition) is 1. The van der Waals surface area contributed by atoms with Gasteiger partial charge in [0, 0.05) is 27.6 Å². The molecule has 0 unspecified atom stereocenters. The lowest BCUT2D eigenvalue weighted by atomic mass is 9.92. The van der Waals surface area contributed by atoms with Gasteiger partial charge < -0.3 is 9.47 Å². The number of rotatable bonds is 8. The van der Waals surface area contributed by atoms with Gasteiger partial charge in [-0.15, -0.1) is 0 Å². The van der Waals surface area contributed by atoms with Gasteiger partial charge in [0.15, 0.2) is 0 Å². The van der Waals surface area contributed by atoms with Crippen molar-refractivity contribution in [2.24, 2.45) is 0 Å². The first-order chi connectivity index (χ1) is 27.8. The summed E-state index contributed by atoms with van der Waals surface area (Å²) in [6, 6.07) is 83.1. The van der Waals surface area contributed by atoms with Crippen molar-refractivity contribution in [1.82, 2.24) is 4.57 Å². The van der Waals surface area contributed by atoms with Crippen LogP contribution in [0.3, 0.4) is 0 Å². The van der Waals surface area contributed by atoms with Crippen molar-refractivity contribution in [3.8, 4) is 50.2 Å². The molecule has 1 heterocycles. The molecule has 0 atom stereocenters. The Morgan fingerprint density at radius 3 is 1.52 bits per heavy atom. The first kappa shape index (κ1) is 33.2. The van der Waals surface area contributed by atoms with Crippen LogP contribution in [0, 0.1) is 0 Å². The monoisotopic (exact) mass is 714 g/mol. The second-order valence-electron chi connectivity index (χ2n) is 14.1. The van der Waals surface area contributed by atoms with Crippen molar-refractivity contribution >= 4 is 38.9 Å². The highest BCUT2D eigenvalue weighted by Crippen LogP contribution is 2.49. The summed E-state index contributed by atoms with van der Waals surface area (Å²) in [6.07, 6.45) is 0. The van der Waals surface area contributed by atoms with E-state index in [-0.39, 0.29) is 0 Å². The van der Waals surface area contributed by atoms with Crippen LogP contribution >= 0.6 is 0 Å². The molecule has 0 amide bonds. The molecule has 0 fully saturated rings. The van der Waals surface area contributed by atoms with E-state index < -0.39 is 0 Å². The van der Waals surface area contributed by atoms with Gasteiger partial charge in [0.25, 0.3) is 0 Å². The van der Waals surface area contributed by atoms with Gasteiger partial charge in [-0.25, -0.2) is 0 Å². The summed E-state index contributed by atoms with van der Waals surface area (Å²) >= 11 is 0. The van der Waals surface area contributed by atoms with Crippen LogP contribution in [0.25, 0.3) is 72.0 Å². The van der Waals surface area contributed by atoms with E-state index in [1.165, 1.54) is 55.3 Å². The molecule has 0 saturated carbocycles. The van der Waals surface area contributed by atoms with Crippen molar-refractivity contribution in [3.05, 3.63) is 231 Å². The van der Waals surface area contributed by atoms with Gasteiger partial charge in [-0.3, -0.25) is 0 Å². The smallest absolute Gasteiger partial charge is 0.0562 e. The highest BCUT2D eigenvalue weighted by atomic mass is 15.2. The third-order valence-corrected chi connectivity index (χ3v) is 10.8. The van der Waals surface area contributed by atoms with Crippen LogP contribution in [-0.4, -0.2) is 4.57 Å². The third-order valence-electron chi connectivity index (χ3n) is 10.8. The van der Waals surface area contributed by atoms with Gasteiger partial charge in [0.05, 0.1) is 28.1 Å². The molecule has 10 rings (SSSR count). The van der Waals surface area contributed by atoms with Gasteiger partial charge in [0.1, 0.15) is 0 Å². The summed E-state index contributed by atoms with van der Waals surface area (Å²) in [5.74, 6) is 0. The third kappa shape index (κ3) is 5.85. The van der Waals surface area contributed by atoms with Crippen molar-refractivity contribution in [2.45, 2.75) is 0 Å². The maximum Gasteiger partial charge on any atom is 0.0562 e. The number of hydrogen-bond donors (Lipinski definition) is 0. The molecule has 0 aliphatic heterocycles. The largest absolute Gasteiger partial charge is 0.309 e. The van der Waals surface area contributed by atoms with Gasteiger partial charge in [-0.2, -0.15) is 0 Å². The van der Waals surface area contributed by atoms with E-state index >= 15 is 0 Å². The minimum atomic E-state index is 1.09. The zero-order valence-corrected chi connectivity index (χ0v) is 30.8. The molecule has 2 heteroatoms. The Morgan fingerprint density at radius 1 is 0.321 bits per heavy atom. The van der Waals surface area contributed by atoms with Crippen LogP contribution in [-0.2, 0) is 0 Å². The van der Waals surface area contributed by atoms with Gasteiger partial charge in [-0.05, 0) is 75.8 Å². The molecule has 0 bridgehead atoms. The maximum absolute atomic E-state index is 2.48. The van der Waals surface area contributed by atoms with Crippen LogP contribution in [0.1, 0.15) is 0 Å². The topological polar surface area (TPSA) is 8.17 Å². The zero-order chi connectivity index (χ0) is 37.3. The lowest BCUT2D eigenvalue weighted by Gasteiger charge is -2.30. The molecule has 56 heavy (non-hydrogen) atoms. The fourth-order valence-corrected chi connectivity index (χ4v) is 8.31. The molecule has 0 aliphatic carbocycles. The number of aromatic nitrogens is 1. The fourth-order valence-electron chi connectivity index (χ4n) is 8.31. The Hall–Kier alpha value is -7.42. The Morgan fingerprint density at radius 2 is 0.839 bits per heavy atom. The van der Waals surface area contributed by atoms with Crippen molar-refractivity contribution in [2.75, 3.05) is 4.90 Å². The van der Waals surface area contributed by atoms with Crippen LogP contribution in [0.15, 0.2) is 231 Å². The summed E-state index contributed by atoms with van der Waals surface area (Å²) in [4.78, 5) is 2.46. The average molecular weight is 715 g/mol. The lowest BCUT2D eigenvalue weighted by molar-refractivity contribution is 1.18. The minimum absolute atomic E-state index is 1.09. The Balaban J connectivity index is 1.30. The highest BCUT2D eigenvalue weighted by molar-refractivity contribution is 6.17. The molecule has 0 saturated heterocycles. The summed E-state index contributed by atoms with van der Waals surface area (Å²) in [6.45, 7) is 0. The number of para-hydroxylation sites is 2. The molecule has 10 aromatic rings. The fraction of sp³-hybridized carbons (Fsp3) is 0. The molecule has 1 aromatic heterocycles. The van der Waals surface area contributed by atoms with Crippen LogP contribution in [0.2, 0.25) is 0 Å². The summed E-state index contributed by atoms with van der Waals surface area (Å²) < 4.78 is 2.48. The molecular formula is C54H38N2. The molecule has 0 N–H and O–H groups in total. The van der Waals surface area contributed by atoms with Crippen molar-refractivity contribution in [3.63, 3.8) is 0 Å². The Bertz CT molecular complexity index is 2930. The second-order valence-corrected chi connectivity index (χ2v) is 14.1. The second kappa shape index (κ2) is 14.4. The number of nitrogens with zero attached hydrogens (tertiary/aromatic N) is 2. The molecular weight excluding hydrogens is 677 g/mol. The Kier molecular flexibility index (Phi) is 8.55. The normalized spacial score (nSPS) is 11.2. The highest BCUT2D eigenvalue weighted by Gasteiger charge is 2.25. The summed E-state index contributed by atoms with van der Waals surface area (Å²) in [5.41, 5.74) is 16.2.